The number of rotatable bonds is 6. The van der Waals surface area contributed by atoms with Gasteiger partial charge in [0, 0.05) is 24.7 Å². The highest BCUT2D eigenvalue weighted by atomic mass is 16.5. The predicted octanol–water partition coefficient (Wildman–Crippen LogP) is 4.34. The Kier molecular flexibility index (Phi) is 4.70. The summed E-state index contributed by atoms with van der Waals surface area (Å²) in [5.74, 6) is 2.50. The van der Waals surface area contributed by atoms with Crippen molar-refractivity contribution in [3.8, 4) is 17.2 Å². The Morgan fingerprint density at radius 2 is 1.68 bits per heavy atom. The summed E-state index contributed by atoms with van der Waals surface area (Å²) in [6.45, 7) is 3.90. The lowest BCUT2D eigenvalue weighted by Gasteiger charge is -2.19. The van der Waals surface area contributed by atoms with Crippen LogP contribution >= 0.6 is 0 Å². The molecule has 3 aromatic rings. The first-order chi connectivity index (χ1) is 12.0. The number of aromatic nitrogens is 1. The summed E-state index contributed by atoms with van der Waals surface area (Å²) >= 11 is 0. The third-order valence-corrected chi connectivity index (χ3v) is 4.07. The number of nitrogens with one attached hydrogen (secondary N) is 1. The van der Waals surface area contributed by atoms with Crippen LogP contribution in [0.1, 0.15) is 24.4 Å². The van der Waals surface area contributed by atoms with E-state index in [0.29, 0.717) is 23.1 Å². The fourth-order valence-electron chi connectivity index (χ4n) is 2.81. The highest BCUT2D eigenvalue weighted by molar-refractivity contribution is 5.77. The van der Waals surface area contributed by atoms with Crippen LogP contribution in [0.25, 0.3) is 11.1 Å². The molecule has 0 amide bonds. The molecule has 132 valence electrons. The van der Waals surface area contributed by atoms with Crippen LogP contribution in [0.5, 0.6) is 17.2 Å². The number of nitrogens with zero attached hydrogens (tertiary/aromatic N) is 1. The van der Waals surface area contributed by atoms with Gasteiger partial charge in [-0.1, -0.05) is 0 Å². The van der Waals surface area contributed by atoms with E-state index < -0.39 is 0 Å². The van der Waals surface area contributed by atoms with Crippen LogP contribution in [-0.4, -0.2) is 26.3 Å². The molecule has 0 aliphatic rings. The van der Waals surface area contributed by atoms with Crippen molar-refractivity contribution in [2.45, 2.75) is 19.9 Å². The van der Waals surface area contributed by atoms with Gasteiger partial charge in [0.2, 0.25) is 5.75 Å². The standard InChI is InChI=1S/C19H22N2O4/c1-11(13-8-17(22-3)19(24-5)18(9-13)23-4)20-14-6-7-15-16(10-14)25-12(2)21-15/h6-11,20H,1-5H3. The van der Waals surface area contributed by atoms with E-state index in [1.165, 1.54) is 0 Å². The van der Waals surface area contributed by atoms with E-state index >= 15 is 0 Å². The minimum Gasteiger partial charge on any atom is -0.493 e. The van der Waals surface area contributed by atoms with Crippen LogP contribution < -0.4 is 19.5 Å². The molecule has 1 aromatic heterocycles. The summed E-state index contributed by atoms with van der Waals surface area (Å²) in [7, 11) is 4.81. The number of hydrogen-bond donors (Lipinski definition) is 1. The second-order valence-corrected chi connectivity index (χ2v) is 5.74. The second-order valence-electron chi connectivity index (χ2n) is 5.74. The van der Waals surface area contributed by atoms with Crippen LogP contribution in [0.4, 0.5) is 5.69 Å². The molecular weight excluding hydrogens is 320 g/mol. The number of benzene rings is 2. The Bertz CT molecular complexity index is 863. The third-order valence-electron chi connectivity index (χ3n) is 4.07. The van der Waals surface area contributed by atoms with Gasteiger partial charge in [-0.3, -0.25) is 0 Å². The minimum atomic E-state index is 0.0233. The zero-order chi connectivity index (χ0) is 18.0. The van der Waals surface area contributed by atoms with Gasteiger partial charge in [0.25, 0.3) is 0 Å². The molecule has 0 bridgehead atoms. The number of ether oxygens (including phenoxy) is 3. The molecule has 0 fully saturated rings. The van der Waals surface area contributed by atoms with Crippen molar-refractivity contribution in [1.29, 1.82) is 0 Å². The Morgan fingerprint density at radius 1 is 1.00 bits per heavy atom. The van der Waals surface area contributed by atoms with E-state index in [2.05, 4.69) is 17.2 Å². The maximum Gasteiger partial charge on any atom is 0.203 e. The van der Waals surface area contributed by atoms with E-state index in [-0.39, 0.29) is 6.04 Å². The molecule has 6 nitrogen and oxygen atoms in total. The Labute approximate surface area is 146 Å². The van der Waals surface area contributed by atoms with Crippen LogP contribution in [-0.2, 0) is 0 Å². The van der Waals surface area contributed by atoms with Crippen molar-refractivity contribution < 1.29 is 18.6 Å². The number of hydrogen-bond acceptors (Lipinski definition) is 6. The van der Waals surface area contributed by atoms with Crippen LogP contribution in [0.3, 0.4) is 0 Å². The van der Waals surface area contributed by atoms with Gasteiger partial charge in [-0.25, -0.2) is 4.98 Å². The van der Waals surface area contributed by atoms with Gasteiger partial charge in [0.05, 0.1) is 21.3 Å². The molecule has 0 aliphatic heterocycles. The van der Waals surface area contributed by atoms with Gasteiger partial charge in [-0.2, -0.15) is 0 Å². The van der Waals surface area contributed by atoms with Gasteiger partial charge in [-0.15, -0.1) is 0 Å². The summed E-state index contributed by atoms with van der Waals surface area (Å²) in [5.41, 5.74) is 3.58. The quantitative estimate of drug-likeness (QED) is 0.719. The minimum absolute atomic E-state index is 0.0233. The predicted molar refractivity (Wildman–Crippen MR) is 96.9 cm³/mol. The average molecular weight is 342 g/mol. The van der Waals surface area contributed by atoms with Crippen molar-refractivity contribution in [2.75, 3.05) is 26.6 Å². The Hall–Kier alpha value is -2.89. The molecule has 0 aliphatic carbocycles. The number of oxazole rings is 1. The molecule has 1 N–H and O–H groups in total. The van der Waals surface area contributed by atoms with Crippen LogP contribution in [0, 0.1) is 6.92 Å². The second kappa shape index (κ2) is 6.93. The summed E-state index contributed by atoms with van der Waals surface area (Å²) < 4.78 is 21.8. The zero-order valence-corrected chi connectivity index (χ0v) is 15.0. The van der Waals surface area contributed by atoms with Crippen molar-refractivity contribution in [3.05, 3.63) is 41.8 Å². The van der Waals surface area contributed by atoms with Gasteiger partial charge in [0.15, 0.2) is 23.0 Å². The Morgan fingerprint density at radius 3 is 2.28 bits per heavy atom. The number of methoxy groups -OCH3 is 3. The lowest BCUT2D eigenvalue weighted by Crippen LogP contribution is -2.07. The average Bonchev–Trinajstić information content (AvgIpc) is 2.99. The van der Waals surface area contributed by atoms with Crippen LogP contribution in [0.15, 0.2) is 34.7 Å². The molecule has 3 rings (SSSR count). The normalized spacial score (nSPS) is 12.0. The Balaban J connectivity index is 1.89. The highest BCUT2D eigenvalue weighted by Gasteiger charge is 2.16. The van der Waals surface area contributed by atoms with E-state index in [1.807, 2.05) is 37.3 Å². The molecule has 0 saturated carbocycles. The van der Waals surface area contributed by atoms with Crippen molar-refractivity contribution >= 4 is 16.8 Å². The zero-order valence-electron chi connectivity index (χ0n) is 15.0. The first-order valence-electron chi connectivity index (χ1n) is 7.99. The van der Waals surface area contributed by atoms with E-state index in [0.717, 1.165) is 22.4 Å². The van der Waals surface area contributed by atoms with Gasteiger partial charge < -0.3 is 23.9 Å². The third kappa shape index (κ3) is 3.33. The maximum absolute atomic E-state index is 5.59. The lowest BCUT2D eigenvalue weighted by atomic mass is 10.1. The van der Waals surface area contributed by atoms with Crippen molar-refractivity contribution in [1.82, 2.24) is 4.98 Å². The number of anilines is 1. The number of fused-ring (bicyclic) bond motifs is 1. The molecule has 0 radical (unpaired) electrons. The molecule has 6 heteroatoms. The van der Waals surface area contributed by atoms with E-state index in [9.17, 15) is 0 Å². The van der Waals surface area contributed by atoms with Gasteiger partial charge >= 0.3 is 0 Å². The van der Waals surface area contributed by atoms with Gasteiger partial charge in [0.1, 0.15) is 5.52 Å². The largest absolute Gasteiger partial charge is 0.493 e. The topological polar surface area (TPSA) is 65.8 Å². The fourth-order valence-corrected chi connectivity index (χ4v) is 2.81. The molecule has 1 heterocycles. The van der Waals surface area contributed by atoms with Crippen molar-refractivity contribution in [3.63, 3.8) is 0 Å². The number of aryl methyl sites for hydroxylation is 1. The first kappa shape index (κ1) is 17.0. The summed E-state index contributed by atoms with van der Waals surface area (Å²) in [6, 6.07) is 9.78. The smallest absolute Gasteiger partial charge is 0.203 e. The molecule has 1 unspecified atom stereocenters. The monoisotopic (exact) mass is 342 g/mol. The van der Waals surface area contributed by atoms with Crippen molar-refractivity contribution in [2.24, 2.45) is 0 Å². The highest BCUT2D eigenvalue weighted by Crippen LogP contribution is 2.40. The molecule has 1 atom stereocenters. The summed E-state index contributed by atoms with van der Waals surface area (Å²) in [6.07, 6.45) is 0. The molecule has 0 saturated heterocycles. The van der Waals surface area contributed by atoms with Crippen LogP contribution in [0.2, 0.25) is 0 Å². The molecule has 0 spiro atoms. The van der Waals surface area contributed by atoms with Gasteiger partial charge in [-0.05, 0) is 36.8 Å². The van der Waals surface area contributed by atoms with E-state index in [4.69, 9.17) is 18.6 Å². The lowest BCUT2D eigenvalue weighted by molar-refractivity contribution is 0.323. The maximum atomic E-state index is 5.59. The molecule has 25 heavy (non-hydrogen) atoms. The fraction of sp³-hybridized carbons (Fsp3) is 0.316. The van der Waals surface area contributed by atoms with E-state index in [1.54, 1.807) is 21.3 Å². The summed E-state index contributed by atoms with van der Waals surface area (Å²) in [5, 5.41) is 3.46. The summed E-state index contributed by atoms with van der Waals surface area (Å²) in [4.78, 5) is 4.31. The SMILES string of the molecule is COc1cc(C(C)Nc2ccc3nc(C)oc3c2)cc(OC)c1OC. The molecular formula is C19H22N2O4. The first-order valence-corrected chi connectivity index (χ1v) is 7.99. The molecule has 2 aromatic carbocycles.